The summed E-state index contributed by atoms with van der Waals surface area (Å²) in [6, 6.07) is 27.0. The van der Waals surface area contributed by atoms with Gasteiger partial charge in [0, 0.05) is 18.0 Å². The number of benzene rings is 3. The number of amides is 1. The number of hydrogen-bond acceptors (Lipinski definition) is 4. The summed E-state index contributed by atoms with van der Waals surface area (Å²) in [5.74, 6) is -0.800. The molecule has 3 aromatic carbocycles. The Morgan fingerprint density at radius 1 is 0.872 bits per heavy atom. The minimum atomic E-state index is -0.800. The van der Waals surface area contributed by atoms with Crippen LogP contribution in [0.5, 0.6) is 0 Å². The molecule has 1 amide bonds. The smallest absolute Gasteiger partial charge is 0.411 e. The second-order valence-electron chi connectivity index (χ2n) is 10.5. The van der Waals surface area contributed by atoms with Gasteiger partial charge in [-0.05, 0) is 87.7 Å². The van der Waals surface area contributed by atoms with Crippen molar-refractivity contribution in [1.82, 2.24) is 4.90 Å². The fourth-order valence-electron chi connectivity index (χ4n) is 5.42. The van der Waals surface area contributed by atoms with E-state index in [0.29, 0.717) is 24.6 Å². The molecule has 0 aromatic heterocycles. The molecule has 6 heteroatoms. The Hall–Kier alpha value is -3.64. The van der Waals surface area contributed by atoms with E-state index in [-0.39, 0.29) is 12.5 Å². The van der Waals surface area contributed by atoms with Gasteiger partial charge in [-0.3, -0.25) is 10.1 Å². The second-order valence-corrected chi connectivity index (χ2v) is 10.5. The first-order chi connectivity index (χ1) is 19.0. The van der Waals surface area contributed by atoms with Crippen molar-refractivity contribution >= 4 is 17.7 Å². The summed E-state index contributed by atoms with van der Waals surface area (Å²) in [4.78, 5) is 26.3. The Balaban J connectivity index is 1.28. The predicted octanol–water partition coefficient (Wildman–Crippen LogP) is 7.19. The molecule has 0 saturated heterocycles. The molecule has 3 aromatic rings. The van der Waals surface area contributed by atoms with E-state index in [1.807, 2.05) is 48.5 Å². The highest BCUT2D eigenvalue weighted by molar-refractivity contribution is 5.91. The molecule has 0 atom stereocenters. The van der Waals surface area contributed by atoms with Crippen LogP contribution in [0.3, 0.4) is 0 Å². The van der Waals surface area contributed by atoms with Crippen molar-refractivity contribution in [2.45, 2.75) is 69.9 Å². The van der Waals surface area contributed by atoms with Crippen LogP contribution in [0.1, 0.15) is 56.1 Å². The van der Waals surface area contributed by atoms with Crippen LogP contribution in [0.2, 0.25) is 0 Å². The number of carboxylic acids is 1. The van der Waals surface area contributed by atoms with Crippen LogP contribution in [0.15, 0.2) is 78.9 Å². The molecular formula is C33H40N2O4. The Bertz CT molecular complexity index is 1190. The van der Waals surface area contributed by atoms with Gasteiger partial charge in [0.25, 0.3) is 0 Å². The maximum atomic E-state index is 12.9. The highest BCUT2D eigenvalue weighted by atomic mass is 16.6. The summed E-state index contributed by atoms with van der Waals surface area (Å²) in [7, 11) is 2.21. The Kier molecular flexibility index (Phi) is 10.5. The van der Waals surface area contributed by atoms with Gasteiger partial charge in [-0.2, -0.15) is 0 Å². The third-order valence-corrected chi connectivity index (χ3v) is 7.62. The zero-order chi connectivity index (χ0) is 27.5. The molecule has 0 heterocycles. The normalized spacial score (nSPS) is 17.1. The van der Waals surface area contributed by atoms with Crippen LogP contribution < -0.4 is 5.32 Å². The van der Waals surface area contributed by atoms with E-state index in [1.165, 1.54) is 5.56 Å². The van der Waals surface area contributed by atoms with Gasteiger partial charge in [-0.25, -0.2) is 4.79 Å². The van der Waals surface area contributed by atoms with Crippen LogP contribution in [-0.2, 0) is 22.4 Å². The third kappa shape index (κ3) is 8.96. The lowest BCUT2D eigenvalue weighted by Gasteiger charge is -2.34. The Morgan fingerprint density at radius 2 is 1.54 bits per heavy atom. The van der Waals surface area contributed by atoms with Crippen LogP contribution in [0.25, 0.3) is 11.1 Å². The number of aliphatic carboxylic acids is 1. The summed E-state index contributed by atoms with van der Waals surface area (Å²) < 4.78 is 5.86. The number of carbonyl (C=O) groups is 2. The largest absolute Gasteiger partial charge is 0.481 e. The van der Waals surface area contributed by atoms with Crippen molar-refractivity contribution in [3.8, 4) is 11.1 Å². The molecule has 0 aliphatic heterocycles. The quantitative estimate of drug-likeness (QED) is 0.260. The molecule has 0 unspecified atom stereocenters. The van der Waals surface area contributed by atoms with E-state index in [9.17, 15) is 9.59 Å². The first kappa shape index (κ1) is 28.4. The molecular weight excluding hydrogens is 488 g/mol. The molecule has 0 bridgehead atoms. The summed E-state index contributed by atoms with van der Waals surface area (Å²) in [6.07, 6.45) is 6.78. The van der Waals surface area contributed by atoms with Gasteiger partial charge in [-0.15, -0.1) is 0 Å². The Labute approximate surface area is 232 Å². The number of ether oxygens (including phenoxy) is 1. The topological polar surface area (TPSA) is 78.9 Å². The van der Waals surface area contributed by atoms with Gasteiger partial charge in [0.1, 0.15) is 6.10 Å². The van der Waals surface area contributed by atoms with Crippen LogP contribution in [0.4, 0.5) is 10.5 Å². The highest BCUT2D eigenvalue weighted by Crippen LogP contribution is 2.31. The van der Waals surface area contributed by atoms with Crippen molar-refractivity contribution < 1.29 is 19.4 Å². The SMILES string of the molecule is CN(CCCc1ccccc1)C1CCC(OC(=O)Nc2cc(CCCC(=O)O)ccc2-c2ccccc2)CC1. The number of anilines is 1. The zero-order valence-electron chi connectivity index (χ0n) is 22.9. The van der Waals surface area contributed by atoms with Crippen LogP contribution in [-0.4, -0.2) is 47.8 Å². The number of hydrogen-bond donors (Lipinski definition) is 2. The lowest BCUT2D eigenvalue weighted by atomic mass is 9.92. The summed E-state index contributed by atoms with van der Waals surface area (Å²) in [5.41, 5.74) is 4.97. The van der Waals surface area contributed by atoms with Crippen molar-refractivity contribution in [1.29, 1.82) is 0 Å². The lowest BCUT2D eigenvalue weighted by Crippen LogP contribution is -2.38. The maximum absolute atomic E-state index is 12.9. The minimum absolute atomic E-state index is 0.0853. The van der Waals surface area contributed by atoms with E-state index in [0.717, 1.165) is 61.8 Å². The second kappa shape index (κ2) is 14.5. The number of nitrogens with zero attached hydrogens (tertiary/aromatic N) is 1. The first-order valence-corrected chi connectivity index (χ1v) is 14.1. The Morgan fingerprint density at radius 3 is 2.23 bits per heavy atom. The monoisotopic (exact) mass is 528 g/mol. The van der Waals surface area contributed by atoms with Crippen molar-refractivity contribution in [3.05, 3.63) is 90.0 Å². The lowest BCUT2D eigenvalue weighted by molar-refractivity contribution is -0.137. The fraction of sp³-hybridized carbons (Fsp3) is 0.394. The van der Waals surface area contributed by atoms with Gasteiger partial charge >= 0.3 is 12.1 Å². The predicted molar refractivity (Wildman–Crippen MR) is 156 cm³/mol. The maximum Gasteiger partial charge on any atom is 0.411 e. The zero-order valence-corrected chi connectivity index (χ0v) is 22.9. The number of carbonyl (C=O) groups excluding carboxylic acids is 1. The molecule has 2 N–H and O–H groups in total. The fourth-order valence-corrected chi connectivity index (χ4v) is 5.42. The average molecular weight is 529 g/mol. The molecule has 1 aliphatic carbocycles. The van der Waals surface area contributed by atoms with Gasteiger partial charge in [0.15, 0.2) is 0 Å². The van der Waals surface area contributed by atoms with Gasteiger partial charge in [0.2, 0.25) is 0 Å². The summed E-state index contributed by atoms with van der Waals surface area (Å²) in [5, 5.41) is 12.0. The molecule has 4 rings (SSSR count). The molecule has 0 radical (unpaired) electrons. The molecule has 1 aliphatic rings. The van der Waals surface area contributed by atoms with Gasteiger partial charge in [-0.1, -0.05) is 72.8 Å². The molecule has 206 valence electrons. The number of nitrogens with one attached hydrogen (secondary N) is 1. The van der Waals surface area contributed by atoms with Crippen molar-refractivity contribution in [2.75, 3.05) is 18.9 Å². The molecule has 1 fully saturated rings. The number of carboxylic acid groups (broad SMARTS) is 1. The van der Waals surface area contributed by atoms with Gasteiger partial charge in [0.05, 0.1) is 5.69 Å². The number of rotatable bonds is 12. The molecule has 0 spiro atoms. The van der Waals surface area contributed by atoms with E-state index in [2.05, 4.69) is 47.6 Å². The minimum Gasteiger partial charge on any atom is -0.481 e. The molecule has 6 nitrogen and oxygen atoms in total. The summed E-state index contributed by atoms with van der Waals surface area (Å²) in [6.45, 7) is 1.07. The average Bonchev–Trinajstić information content (AvgIpc) is 2.94. The molecule has 39 heavy (non-hydrogen) atoms. The van der Waals surface area contributed by atoms with E-state index < -0.39 is 12.1 Å². The van der Waals surface area contributed by atoms with E-state index in [1.54, 1.807) is 0 Å². The van der Waals surface area contributed by atoms with Crippen LogP contribution >= 0.6 is 0 Å². The number of aryl methyl sites for hydroxylation is 2. The van der Waals surface area contributed by atoms with E-state index in [4.69, 9.17) is 9.84 Å². The standard InChI is InChI=1S/C33H40N2O4/c1-35(23-9-13-25-10-4-2-5-11-25)28-18-20-29(21-19-28)39-33(38)34-31-24-26(12-8-16-32(36)37)17-22-30(31)27-14-6-3-7-15-27/h2-7,10-11,14-15,17,22,24,28-29H,8-9,12-13,16,18-21,23H2,1H3,(H,34,38)(H,36,37). The first-order valence-electron chi connectivity index (χ1n) is 14.1. The van der Waals surface area contributed by atoms with Crippen molar-refractivity contribution in [3.63, 3.8) is 0 Å². The van der Waals surface area contributed by atoms with E-state index >= 15 is 0 Å². The third-order valence-electron chi connectivity index (χ3n) is 7.62. The highest BCUT2D eigenvalue weighted by Gasteiger charge is 2.26. The van der Waals surface area contributed by atoms with Crippen molar-refractivity contribution in [2.24, 2.45) is 0 Å². The summed E-state index contributed by atoms with van der Waals surface area (Å²) >= 11 is 0. The van der Waals surface area contributed by atoms with Gasteiger partial charge < -0.3 is 14.7 Å². The molecule has 1 saturated carbocycles. The van der Waals surface area contributed by atoms with Crippen LogP contribution in [0, 0.1) is 0 Å².